The number of nitrogens with zero attached hydrogens (tertiary/aromatic N) is 2. The van der Waals surface area contributed by atoms with Gasteiger partial charge in [-0.15, -0.1) is 0 Å². The van der Waals surface area contributed by atoms with Gasteiger partial charge in [0.15, 0.2) is 0 Å². The van der Waals surface area contributed by atoms with Crippen molar-refractivity contribution in [3.63, 3.8) is 0 Å². The maximum Gasteiger partial charge on any atom is 0.131 e. The number of ether oxygens (including phenoxy) is 1. The molecule has 0 spiro atoms. The largest absolute Gasteiger partial charge is 0.385 e. The molecule has 0 fully saturated rings. The molecule has 6 heteroatoms. The van der Waals surface area contributed by atoms with Crippen LogP contribution >= 0.6 is 0 Å². The predicted octanol–water partition coefficient (Wildman–Crippen LogP) is 1.62. The molecular formula is C13H22N4O2. The summed E-state index contributed by atoms with van der Waals surface area (Å²) in [6.45, 7) is 5.54. The number of nitrogens with one attached hydrogen (secondary N) is 2. The normalized spacial score (nSPS) is 10.3. The average Bonchev–Trinajstić information content (AvgIpc) is 2.34. The number of Topliss-reactive ketones (excluding diaryl/α,β-unsaturated/α-hetero) is 1. The van der Waals surface area contributed by atoms with Crippen LogP contribution in [0.2, 0.25) is 0 Å². The number of carbonyl (C=O) groups is 1. The number of ketones is 1. The first-order valence-corrected chi connectivity index (χ1v) is 6.43. The van der Waals surface area contributed by atoms with E-state index in [1.54, 1.807) is 14.0 Å². The van der Waals surface area contributed by atoms with Crippen LogP contribution in [0.15, 0.2) is 6.07 Å². The highest BCUT2D eigenvalue weighted by Crippen LogP contribution is 2.11. The fraction of sp³-hybridized carbons (Fsp3) is 0.615. The SMILES string of the molecule is COCCCNc1cc(NCCC(C)=O)nc(C)n1. The maximum atomic E-state index is 10.9. The summed E-state index contributed by atoms with van der Waals surface area (Å²) in [6.07, 6.45) is 1.42. The van der Waals surface area contributed by atoms with Gasteiger partial charge in [0.25, 0.3) is 0 Å². The fourth-order valence-electron chi connectivity index (χ4n) is 1.55. The van der Waals surface area contributed by atoms with Gasteiger partial charge in [-0.25, -0.2) is 9.97 Å². The topological polar surface area (TPSA) is 76.1 Å². The third-order valence-electron chi connectivity index (χ3n) is 2.45. The van der Waals surface area contributed by atoms with Crippen LogP contribution < -0.4 is 10.6 Å². The van der Waals surface area contributed by atoms with Crippen LogP contribution in [0.1, 0.15) is 25.6 Å². The minimum atomic E-state index is 0.163. The van der Waals surface area contributed by atoms with E-state index in [4.69, 9.17) is 4.74 Å². The van der Waals surface area contributed by atoms with Crippen molar-refractivity contribution in [2.75, 3.05) is 37.4 Å². The zero-order valence-corrected chi connectivity index (χ0v) is 11.8. The van der Waals surface area contributed by atoms with Crippen molar-refractivity contribution in [2.24, 2.45) is 0 Å². The number of aryl methyl sites for hydroxylation is 1. The zero-order valence-electron chi connectivity index (χ0n) is 11.8. The summed E-state index contributed by atoms with van der Waals surface area (Å²) in [6, 6.07) is 1.85. The fourth-order valence-corrected chi connectivity index (χ4v) is 1.55. The molecule has 0 atom stereocenters. The molecule has 1 aromatic rings. The van der Waals surface area contributed by atoms with Crippen LogP contribution in [0, 0.1) is 6.92 Å². The van der Waals surface area contributed by atoms with Crippen molar-refractivity contribution in [3.05, 3.63) is 11.9 Å². The number of hydrogen-bond acceptors (Lipinski definition) is 6. The van der Waals surface area contributed by atoms with E-state index in [0.717, 1.165) is 31.2 Å². The van der Waals surface area contributed by atoms with Gasteiger partial charge >= 0.3 is 0 Å². The van der Waals surface area contributed by atoms with Gasteiger partial charge in [-0.1, -0.05) is 0 Å². The van der Waals surface area contributed by atoms with Crippen molar-refractivity contribution in [3.8, 4) is 0 Å². The number of anilines is 2. The Labute approximate surface area is 114 Å². The van der Waals surface area contributed by atoms with Crippen molar-refractivity contribution in [2.45, 2.75) is 26.7 Å². The molecule has 0 unspecified atom stereocenters. The summed E-state index contributed by atoms with van der Waals surface area (Å²) < 4.78 is 4.99. The molecule has 0 saturated heterocycles. The second kappa shape index (κ2) is 8.42. The number of carbonyl (C=O) groups excluding carboxylic acids is 1. The summed E-state index contributed by atoms with van der Waals surface area (Å²) in [5.74, 6) is 2.38. The van der Waals surface area contributed by atoms with E-state index in [0.29, 0.717) is 18.8 Å². The second-order valence-corrected chi connectivity index (χ2v) is 4.34. The highest BCUT2D eigenvalue weighted by molar-refractivity contribution is 5.75. The van der Waals surface area contributed by atoms with Gasteiger partial charge in [-0.3, -0.25) is 4.79 Å². The van der Waals surface area contributed by atoms with Crippen molar-refractivity contribution < 1.29 is 9.53 Å². The molecule has 1 rings (SSSR count). The third-order valence-corrected chi connectivity index (χ3v) is 2.45. The summed E-state index contributed by atoms with van der Waals surface area (Å²) in [5.41, 5.74) is 0. The van der Waals surface area contributed by atoms with Gasteiger partial charge in [0.1, 0.15) is 23.2 Å². The first kappa shape index (κ1) is 15.4. The van der Waals surface area contributed by atoms with Gasteiger partial charge in [-0.05, 0) is 20.3 Å². The summed E-state index contributed by atoms with van der Waals surface area (Å²) in [7, 11) is 1.69. The van der Waals surface area contributed by atoms with Gasteiger partial charge in [0.2, 0.25) is 0 Å². The van der Waals surface area contributed by atoms with Gasteiger partial charge in [0, 0.05) is 39.3 Å². The molecule has 0 bridgehead atoms. The van der Waals surface area contributed by atoms with E-state index in [-0.39, 0.29) is 5.78 Å². The molecule has 0 aliphatic rings. The minimum Gasteiger partial charge on any atom is -0.385 e. The summed E-state index contributed by atoms with van der Waals surface area (Å²) in [4.78, 5) is 19.5. The number of methoxy groups -OCH3 is 1. The molecule has 0 aliphatic carbocycles. The van der Waals surface area contributed by atoms with Crippen LogP contribution in [0.4, 0.5) is 11.6 Å². The molecule has 106 valence electrons. The molecule has 0 aromatic carbocycles. The van der Waals surface area contributed by atoms with Crippen LogP contribution in [-0.4, -0.2) is 42.6 Å². The van der Waals surface area contributed by atoms with E-state index in [1.165, 1.54) is 0 Å². The Morgan fingerprint density at radius 3 is 2.47 bits per heavy atom. The van der Waals surface area contributed by atoms with Crippen molar-refractivity contribution in [1.82, 2.24) is 9.97 Å². The molecule has 19 heavy (non-hydrogen) atoms. The highest BCUT2D eigenvalue weighted by Gasteiger charge is 2.02. The smallest absolute Gasteiger partial charge is 0.131 e. The zero-order chi connectivity index (χ0) is 14.1. The monoisotopic (exact) mass is 266 g/mol. The van der Waals surface area contributed by atoms with Crippen molar-refractivity contribution in [1.29, 1.82) is 0 Å². The second-order valence-electron chi connectivity index (χ2n) is 4.34. The molecule has 0 aliphatic heterocycles. The lowest BCUT2D eigenvalue weighted by Gasteiger charge is -2.09. The van der Waals surface area contributed by atoms with Crippen LogP contribution in [0.3, 0.4) is 0 Å². The molecular weight excluding hydrogens is 244 g/mol. The van der Waals surface area contributed by atoms with Crippen LogP contribution in [0.25, 0.3) is 0 Å². The lowest BCUT2D eigenvalue weighted by atomic mass is 10.3. The molecule has 2 N–H and O–H groups in total. The maximum absolute atomic E-state index is 10.9. The number of rotatable bonds is 9. The summed E-state index contributed by atoms with van der Waals surface area (Å²) >= 11 is 0. The quantitative estimate of drug-likeness (QED) is 0.662. The average molecular weight is 266 g/mol. The van der Waals surface area contributed by atoms with E-state index in [9.17, 15) is 4.79 Å². The standard InChI is InChI=1S/C13H22N4O2/c1-10(18)5-7-15-13-9-12(16-11(2)17-13)14-6-4-8-19-3/h9H,4-8H2,1-3H3,(H2,14,15,16,17). The minimum absolute atomic E-state index is 0.163. The van der Waals surface area contributed by atoms with Crippen molar-refractivity contribution >= 4 is 17.4 Å². The van der Waals surface area contributed by atoms with Crippen LogP contribution in [0.5, 0.6) is 0 Å². The molecule has 0 amide bonds. The molecule has 1 heterocycles. The Hall–Kier alpha value is -1.69. The highest BCUT2D eigenvalue weighted by atomic mass is 16.5. The van der Waals surface area contributed by atoms with E-state index in [1.807, 2.05) is 13.0 Å². The summed E-state index contributed by atoms with van der Waals surface area (Å²) in [5, 5.41) is 6.34. The lowest BCUT2D eigenvalue weighted by Crippen LogP contribution is -2.11. The molecule has 0 saturated carbocycles. The first-order valence-electron chi connectivity index (χ1n) is 6.43. The third kappa shape index (κ3) is 6.71. The Bertz CT molecular complexity index is 410. The predicted molar refractivity (Wildman–Crippen MR) is 75.5 cm³/mol. The van der Waals surface area contributed by atoms with Gasteiger partial charge in [0.05, 0.1) is 0 Å². The Kier molecular flexibility index (Phi) is 6.81. The number of hydrogen-bond donors (Lipinski definition) is 2. The Balaban J connectivity index is 2.48. The van der Waals surface area contributed by atoms with Crippen LogP contribution in [-0.2, 0) is 9.53 Å². The lowest BCUT2D eigenvalue weighted by molar-refractivity contribution is -0.116. The Morgan fingerprint density at radius 2 is 1.89 bits per heavy atom. The molecule has 1 aromatic heterocycles. The number of aromatic nitrogens is 2. The molecule has 6 nitrogen and oxygen atoms in total. The Morgan fingerprint density at radius 1 is 1.26 bits per heavy atom. The van der Waals surface area contributed by atoms with Gasteiger partial charge < -0.3 is 15.4 Å². The van der Waals surface area contributed by atoms with E-state index < -0.39 is 0 Å². The van der Waals surface area contributed by atoms with E-state index in [2.05, 4.69) is 20.6 Å². The van der Waals surface area contributed by atoms with E-state index >= 15 is 0 Å². The molecule has 0 radical (unpaired) electrons. The van der Waals surface area contributed by atoms with Gasteiger partial charge in [-0.2, -0.15) is 0 Å². The first-order chi connectivity index (χ1) is 9.11.